The van der Waals surface area contributed by atoms with Gasteiger partial charge in [0.25, 0.3) is 14.9 Å². The van der Waals surface area contributed by atoms with E-state index in [1.54, 1.807) is 25.4 Å². The summed E-state index contributed by atoms with van der Waals surface area (Å²) in [5.74, 6) is 0. The topological polar surface area (TPSA) is 38.0 Å². The van der Waals surface area contributed by atoms with Crippen LogP contribution in [-0.2, 0) is 16.9 Å². The molecule has 1 heterocycles. The van der Waals surface area contributed by atoms with E-state index in [0.717, 1.165) is 0 Å². The number of hydrogen-bond acceptors (Lipinski definition) is 2. The molecule has 0 aliphatic heterocycles. The molecule has 0 N–H and O–H groups in total. The molecule has 1 aromatic heterocycles. The van der Waals surface area contributed by atoms with E-state index < -0.39 is 11.3 Å². The van der Waals surface area contributed by atoms with Crippen molar-refractivity contribution in [2.45, 2.75) is 6.50 Å². The molecule has 14 heavy (non-hydrogen) atoms. The number of aromatic nitrogens is 1. The van der Waals surface area contributed by atoms with Crippen LogP contribution in [0.3, 0.4) is 0 Å². The average molecular weight is 409 g/mol. The molecule has 0 aliphatic carbocycles. The van der Waals surface area contributed by atoms with Crippen LogP contribution in [0, 0.1) is 0 Å². The van der Waals surface area contributed by atoms with Crippen LogP contribution in [0.2, 0.25) is 0 Å². The van der Waals surface area contributed by atoms with Crippen molar-refractivity contribution in [2.24, 2.45) is 7.05 Å². The van der Waals surface area contributed by atoms with Crippen molar-refractivity contribution in [3.63, 3.8) is 0 Å². The van der Waals surface area contributed by atoms with Gasteiger partial charge in [0, 0.05) is 12.1 Å². The maximum atomic E-state index is 11.9. The Balaban J connectivity index is 3.40. The Morgan fingerprint density at radius 3 is 2.29 bits per heavy atom. The van der Waals surface area contributed by atoms with Crippen LogP contribution in [0.25, 0.3) is 0 Å². The van der Waals surface area contributed by atoms with E-state index >= 15 is 0 Å². The molecule has 1 aromatic rings. The molecule has 0 radical (unpaired) electrons. The fourth-order valence-electron chi connectivity index (χ4n) is 0.905. The second-order valence-corrected chi connectivity index (χ2v) is 13.0. The number of pyridine rings is 1. The minimum Gasteiger partial charge on any atom is -0.214 e. The van der Waals surface area contributed by atoms with Crippen LogP contribution < -0.4 is 4.57 Å². The summed E-state index contributed by atoms with van der Waals surface area (Å²) in [6.07, 6.45) is 1.67. The molecule has 0 fully saturated rings. The van der Waals surface area contributed by atoms with E-state index in [-0.39, 0.29) is 5.03 Å². The molecule has 1 rings (SSSR count). The predicted molar refractivity (Wildman–Crippen MR) is 64.3 cm³/mol. The van der Waals surface area contributed by atoms with E-state index in [0.29, 0.717) is 0 Å². The van der Waals surface area contributed by atoms with E-state index in [1.165, 1.54) is 10.6 Å². The molecule has 0 bridgehead atoms. The molecule has 78 valence electrons. The number of nitrogens with zero attached hydrogens (tertiary/aromatic N) is 1. The van der Waals surface area contributed by atoms with Gasteiger partial charge in [-0.3, -0.25) is 0 Å². The lowest BCUT2D eigenvalue weighted by atomic mass is 10.5. The normalized spacial score (nSPS) is 12.9. The summed E-state index contributed by atoms with van der Waals surface area (Å²) in [4.78, 5) is 0. The van der Waals surface area contributed by atoms with Crippen molar-refractivity contribution >= 4 is 57.6 Å². The third-order valence-electron chi connectivity index (χ3n) is 1.59. The Labute approximate surface area is 108 Å². The lowest BCUT2D eigenvalue weighted by Gasteiger charge is -2.10. The summed E-state index contributed by atoms with van der Waals surface area (Å²) in [6.45, 7) is 0. The molecule has 3 nitrogen and oxygen atoms in total. The van der Waals surface area contributed by atoms with Gasteiger partial charge in [-0.1, -0.05) is 0 Å². The highest BCUT2D eigenvalue weighted by Crippen LogP contribution is 2.42. The van der Waals surface area contributed by atoms with E-state index in [1.807, 2.05) is 0 Å². The highest BCUT2D eigenvalue weighted by Gasteiger charge is 2.42. The number of alkyl halides is 3. The lowest BCUT2D eigenvalue weighted by Crippen LogP contribution is -2.38. The Morgan fingerprint density at radius 1 is 1.29 bits per heavy atom. The third-order valence-corrected chi connectivity index (χ3v) is 7.01. The van der Waals surface area contributed by atoms with Crippen LogP contribution in [0.4, 0.5) is 0 Å². The first-order valence-corrected chi connectivity index (χ1v) is 7.39. The molecule has 0 saturated heterocycles. The number of aryl methyl sites for hydroxylation is 1. The van der Waals surface area contributed by atoms with Gasteiger partial charge in [-0.15, -0.1) is 0 Å². The molecule has 0 amide bonds. The van der Waals surface area contributed by atoms with Gasteiger partial charge in [0.2, 0.25) is 1.47 Å². The average Bonchev–Trinajstić information content (AvgIpc) is 2.02. The Kier molecular flexibility index (Phi) is 3.77. The first kappa shape index (κ1) is 12.6. The van der Waals surface area contributed by atoms with Crippen LogP contribution in [0.1, 0.15) is 0 Å². The SMILES string of the molecule is C[n+]1ccccc1S(=O)(=O)C(Br)(Br)Br. The molecule has 0 atom stereocenters. The second kappa shape index (κ2) is 4.19. The van der Waals surface area contributed by atoms with Gasteiger partial charge in [0.05, 0.1) is 0 Å². The molecule has 0 spiro atoms. The summed E-state index contributed by atoms with van der Waals surface area (Å²) in [5.41, 5.74) is 0. The predicted octanol–water partition coefficient (Wildman–Crippen LogP) is 2.08. The van der Waals surface area contributed by atoms with Crippen molar-refractivity contribution in [3.8, 4) is 0 Å². The van der Waals surface area contributed by atoms with Gasteiger partial charge in [0.1, 0.15) is 7.05 Å². The second-order valence-electron chi connectivity index (χ2n) is 2.60. The van der Waals surface area contributed by atoms with Crippen molar-refractivity contribution in [1.82, 2.24) is 0 Å². The highest BCUT2D eigenvalue weighted by atomic mass is 80.0. The molecule has 0 saturated carbocycles. The molecular formula is C7H7Br3NO2S+. The van der Waals surface area contributed by atoms with Gasteiger partial charge in [-0.2, -0.15) is 4.57 Å². The summed E-state index contributed by atoms with van der Waals surface area (Å²) in [5, 5.41) is 0.214. The summed E-state index contributed by atoms with van der Waals surface area (Å²) >= 11 is 9.01. The standard InChI is InChI=1S/C7H7Br3NO2S/c1-11-5-3-2-4-6(11)14(12,13)7(8,9)10/h2-5H,1H3/q+1. The maximum Gasteiger partial charge on any atom is 0.300 e. The summed E-state index contributed by atoms with van der Waals surface area (Å²) in [7, 11) is -1.82. The third kappa shape index (κ3) is 2.37. The fourth-order valence-corrected chi connectivity index (χ4v) is 3.33. The van der Waals surface area contributed by atoms with Gasteiger partial charge >= 0.3 is 0 Å². The number of hydrogen-bond donors (Lipinski definition) is 0. The molecular weight excluding hydrogens is 402 g/mol. The van der Waals surface area contributed by atoms with Gasteiger partial charge < -0.3 is 0 Å². The highest BCUT2D eigenvalue weighted by molar-refractivity contribution is 9.42. The minimum absolute atomic E-state index is 0.214. The maximum absolute atomic E-state index is 11.9. The molecule has 0 unspecified atom stereocenters. The zero-order valence-electron chi connectivity index (χ0n) is 7.12. The Morgan fingerprint density at radius 2 is 1.86 bits per heavy atom. The van der Waals surface area contributed by atoms with Crippen molar-refractivity contribution in [3.05, 3.63) is 24.4 Å². The smallest absolute Gasteiger partial charge is 0.214 e. The van der Waals surface area contributed by atoms with Crippen LogP contribution >= 0.6 is 47.8 Å². The van der Waals surface area contributed by atoms with Crippen molar-refractivity contribution in [1.29, 1.82) is 0 Å². The number of rotatable bonds is 1. The number of halogens is 3. The van der Waals surface area contributed by atoms with Crippen LogP contribution in [-0.4, -0.2) is 9.89 Å². The monoisotopic (exact) mass is 406 g/mol. The van der Waals surface area contributed by atoms with E-state index in [4.69, 9.17) is 0 Å². The van der Waals surface area contributed by atoms with Gasteiger partial charge in [-0.25, -0.2) is 8.42 Å². The first-order chi connectivity index (χ1) is 6.27. The molecule has 0 aliphatic rings. The minimum atomic E-state index is -3.49. The van der Waals surface area contributed by atoms with Crippen molar-refractivity contribution < 1.29 is 13.0 Å². The summed E-state index contributed by atoms with van der Waals surface area (Å²) in [6, 6.07) is 4.97. The van der Waals surface area contributed by atoms with Gasteiger partial charge in [-0.05, 0) is 53.9 Å². The molecule has 0 aromatic carbocycles. The fraction of sp³-hybridized carbons (Fsp3) is 0.286. The first-order valence-electron chi connectivity index (χ1n) is 3.53. The van der Waals surface area contributed by atoms with E-state index in [9.17, 15) is 8.42 Å². The zero-order valence-corrected chi connectivity index (χ0v) is 12.7. The quantitative estimate of drug-likeness (QED) is 0.527. The van der Waals surface area contributed by atoms with Crippen LogP contribution in [0.5, 0.6) is 0 Å². The van der Waals surface area contributed by atoms with E-state index in [2.05, 4.69) is 47.8 Å². The lowest BCUT2D eigenvalue weighted by molar-refractivity contribution is -0.709. The summed E-state index contributed by atoms with van der Waals surface area (Å²) < 4.78 is 24.0. The Hall–Kier alpha value is 0.540. The number of sulfone groups is 1. The Bertz CT molecular complexity index is 438. The zero-order chi connectivity index (χ0) is 11.0. The largest absolute Gasteiger partial charge is 0.300 e. The van der Waals surface area contributed by atoms with Gasteiger partial charge in [0.15, 0.2) is 6.20 Å². The molecule has 7 heteroatoms. The van der Waals surface area contributed by atoms with Crippen LogP contribution in [0.15, 0.2) is 29.4 Å². The van der Waals surface area contributed by atoms with Crippen molar-refractivity contribution in [2.75, 3.05) is 0 Å².